The number of benzene rings is 1. The summed E-state index contributed by atoms with van der Waals surface area (Å²) in [7, 11) is 0. The van der Waals surface area contributed by atoms with Gasteiger partial charge in [-0.1, -0.05) is 6.92 Å². The third-order valence-electron chi connectivity index (χ3n) is 3.03. The highest BCUT2D eigenvalue weighted by Gasteiger charge is 2.25. The van der Waals surface area contributed by atoms with Gasteiger partial charge in [-0.25, -0.2) is 4.39 Å². The summed E-state index contributed by atoms with van der Waals surface area (Å²) in [5.74, 6) is -0.596. The molecule has 0 heterocycles. The zero-order valence-corrected chi connectivity index (χ0v) is 12.6. The molecular formula is C13H17FINO2. The number of carbonyl (C=O) groups is 1. The van der Waals surface area contributed by atoms with E-state index in [1.54, 1.807) is 0 Å². The van der Waals surface area contributed by atoms with E-state index in [1.807, 2.05) is 36.4 Å². The fourth-order valence-corrected chi connectivity index (χ4v) is 2.31. The summed E-state index contributed by atoms with van der Waals surface area (Å²) in [6.07, 6.45) is 1.21. The van der Waals surface area contributed by atoms with E-state index in [1.165, 1.54) is 18.2 Å². The molecule has 0 aliphatic heterocycles. The van der Waals surface area contributed by atoms with Crippen LogP contribution in [-0.4, -0.2) is 23.2 Å². The lowest BCUT2D eigenvalue weighted by atomic mass is 9.94. The van der Waals surface area contributed by atoms with Gasteiger partial charge in [-0.3, -0.25) is 4.79 Å². The number of aliphatic hydroxyl groups is 1. The molecule has 1 atom stereocenters. The Balaban J connectivity index is 2.87. The van der Waals surface area contributed by atoms with E-state index >= 15 is 0 Å². The largest absolute Gasteiger partial charge is 0.396 e. The van der Waals surface area contributed by atoms with Crippen molar-refractivity contribution in [2.24, 2.45) is 0 Å². The van der Waals surface area contributed by atoms with Crippen LogP contribution in [0, 0.1) is 9.39 Å². The minimum Gasteiger partial charge on any atom is -0.396 e. The van der Waals surface area contributed by atoms with Gasteiger partial charge in [0.2, 0.25) is 0 Å². The van der Waals surface area contributed by atoms with Crippen LogP contribution in [0.15, 0.2) is 18.2 Å². The normalized spacial score (nSPS) is 14.1. The minimum atomic E-state index is -0.441. The molecule has 0 saturated heterocycles. The predicted molar refractivity (Wildman–Crippen MR) is 77.0 cm³/mol. The molecule has 0 spiro atoms. The zero-order chi connectivity index (χ0) is 13.8. The Hall–Kier alpha value is -0.690. The van der Waals surface area contributed by atoms with Gasteiger partial charge < -0.3 is 10.4 Å². The number of hydrogen-bond acceptors (Lipinski definition) is 2. The molecule has 0 saturated carbocycles. The zero-order valence-electron chi connectivity index (χ0n) is 10.5. The van der Waals surface area contributed by atoms with Crippen molar-refractivity contribution >= 4 is 28.5 Å². The van der Waals surface area contributed by atoms with Gasteiger partial charge in [-0.15, -0.1) is 0 Å². The molecule has 0 aromatic heterocycles. The molecule has 100 valence electrons. The van der Waals surface area contributed by atoms with E-state index < -0.39 is 5.54 Å². The third-order valence-corrected chi connectivity index (χ3v) is 3.93. The van der Waals surface area contributed by atoms with Crippen molar-refractivity contribution in [1.29, 1.82) is 0 Å². The lowest BCUT2D eigenvalue weighted by molar-refractivity contribution is 0.0885. The summed E-state index contributed by atoms with van der Waals surface area (Å²) >= 11 is 1.94. The minimum absolute atomic E-state index is 0.0190. The van der Waals surface area contributed by atoms with E-state index in [9.17, 15) is 9.18 Å². The van der Waals surface area contributed by atoms with Crippen molar-refractivity contribution in [3.05, 3.63) is 33.1 Å². The Bertz CT molecular complexity index is 439. The maximum absolute atomic E-state index is 13.0. The quantitative estimate of drug-likeness (QED) is 0.789. The Morgan fingerprint density at radius 3 is 2.72 bits per heavy atom. The van der Waals surface area contributed by atoms with Crippen molar-refractivity contribution in [2.75, 3.05) is 6.61 Å². The number of hydrogen-bond donors (Lipinski definition) is 2. The average molecular weight is 365 g/mol. The first kappa shape index (κ1) is 15.4. The summed E-state index contributed by atoms with van der Waals surface area (Å²) in [6, 6.07) is 4.07. The lowest BCUT2D eigenvalue weighted by Crippen LogP contribution is -2.46. The molecule has 1 aromatic rings. The summed E-state index contributed by atoms with van der Waals surface area (Å²) in [4.78, 5) is 12.1. The van der Waals surface area contributed by atoms with Gasteiger partial charge in [0.05, 0.1) is 5.56 Å². The lowest BCUT2D eigenvalue weighted by Gasteiger charge is -2.29. The van der Waals surface area contributed by atoms with Gasteiger partial charge in [-0.2, -0.15) is 0 Å². The smallest absolute Gasteiger partial charge is 0.252 e. The Labute approximate surface area is 120 Å². The molecule has 0 bridgehead atoms. The highest BCUT2D eigenvalue weighted by atomic mass is 127. The first-order valence-corrected chi connectivity index (χ1v) is 6.88. The molecular weight excluding hydrogens is 348 g/mol. The summed E-state index contributed by atoms with van der Waals surface area (Å²) in [5.41, 5.74) is 0.0122. The van der Waals surface area contributed by atoms with E-state index in [4.69, 9.17) is 5.11 Å². The molecule has 0 fully saturated rings. The van der Waals surface area contributed by atoms with E-state index in [2.05, 4.69) is 5.32 Å². The van der Waals surface area contributed by atoms with Gasteiger partial charge in [-0.05, 0) is 60.6 Å². The molecule has 3 nitrogen and oxygen atoms in total. The number of halogens is 2. The molecule has 18 heavy (non-hydrogen) atoms. The molecule has 0 aliphatic rings. The predicted octanol–water partition coefficient (Wildman–Crippen LogP) is 2.71. The maximum atomic E-state index is 13.0. The van der Waals surface area contributed by atoms with Crippen LogP contribution in [0.1, 0.15) is 37.0 Å². The number of rotatable bonds is 5. The highest BCUT2D eigenvalue weighted by Crippen LogP contribution is 2.18. The van der Waals surface area contributed by atoms with Gasteiger partial charge in [0.15, 0.2) is 0 Å². The summed E-state index contributed by atoms with van der Waals surface area (Å²) < 4.78 is 13.5. The monoisotopic (exact) mass is 365 g/mol. The molecule has 1 amide bonds. The molecule has 2 N–H and O–H groups in total. The van der Waals surface area contributed by atoms with E-state index in [0.717, 1.165) is 6.42 Å². The Kier molecular flexibility index (Phi) is 5.52. The molecule has 5 heteroatoms. The fraction of sp³-hybridized carbons (Fsp3) is 0.462. The van der Waals surface area contributed by atoms with Crippen LogP contribution in [0.5, 0.6) is 0 Å². The van der Waals surface area contributed by atoms with Crippen LogP contribution in [0.3, 0.4) is 0 Å². The van der Waals surface area contributed by atoms with E-state index in [-0.39, 0.29) is 18.3 Å². The van der Waals surface area contributed by atoms with Crippen LogP contribution in [0.4, 0.5) is 4.39 Å². The van der Waals surface area contributed by atoms with Gasteiger partial charge in [0.1, 0.15) is 5.82 Å². The Morgan fingerprint density at radius 2 is 2.22 bits per heavy atom. The molecule has 1 unspecified atom stereocenters. The van der Waals surface area contributed by atoms with Gasteiger partial charge >= 0.3 is 0 Å². The van der Waals surface area contributed by atoms with Crippen LogP contribution in [0.2, 0.25) is 0 Å². The third kappa shape index (κ3) is 3.91. The van der Waals surface area contributed by atoms with Crippen LogP contribution in [-0.2, 0) is 0 Å². The first-order valence-electron chi connectivity index (χ1n) is 5.80. The van der Waals surface area contributed by atoms with Crippen molar-refractivity contribution < 1.29 is 14.3 Å². The molecule has 1 rings (SSSR count). The van der Waals surface area contributed by atoms with E-state index in [0.29, 0.717) is 15.6 Å². The van der Waals surface area contributed by atoms with Crippen LogP contribution < -0.4 is 5.32 Å². The SMILES string of the molecule is CCC(C)(CCO)NC(=O)c1ccc(F)cc1I. The Morgan fingerprint density at radius 1 is 1.56 bits per heavy atom. The van der Waals surface area contributed by atoms with Crippen molar-refractivity contribution in [2.45, 2.75) is 32.2 Å². The number of amides is 1. The average Bonchev–Trinajstić information content (AvgIpc) is 2.28. The number of nitrogens with one attached hydrogen (secondary N) is 1. The van der Waals surface area contributed by atoms with Crippen LogP contribution >= 0.6 is 22.6 Å². The van der Waals surface area contributed by atoms with Gasteiger partial charge in [0, 0.05) is 15.7 Å². The van der Waals surface area contributed by atoms with Crippen molar-refractivity contribution in [3.8, 4) is 0 Å². The van der Waals surface area contributed by atoms with Gasteiger partial charge in [0.25, 0.3) is 5.91 Å². The van der Waals surface area contributed by atoms with Crippen LogP contribution in [0.25, 0.3) is 0 Å². The van der Waals surface area contributed by atoms with Crippen molar-refractivity contribution in [3.63, 3.8) is 0 Å². The number of carbonyl (C=O) groups excluding carboxylic acids is 1. The highest BCUT2D eigenvalue weighted by molar-refractivity contribution is 14.1. The number of aliphatic hydroxyl groups excluding tert-OH is 1. The standard InChI is InChI=1S/C13H17FINO2/c1-3-13(2,6-7-17)16-12(18)10-5-4-9(14)8-11(10)15/h4-5,8,17H,3,6-7H2,1-2H3,(H,16,18). The fourth-order valence-electron chi connectivity index (χ4n) is 1.59. The second kappa shape index (κ2) is 6.47. The molecule has 0 aliphatic carbocycles. The molecule has 0 radical (unpaired) electrons. The molecule has 1 aromatic carbocycles. The summed E-state index contributed by atoms with van der Waals surface area (Å²) in [5, 5.41) is 11.9. The topological polar surface area (TPSA) is 49.3 Å². The summed E-state index contributed by atoms with van der Waals surface area (Å²) in [6.45, 7) is 3.86. The second-order valence-corrected chi connectivity index (χ2v) is 5.63. The maximum Gasteiger partial charge on any atom is 0.252 e. The first-order chi connectivity index (χ1) is 8.41. The second-order valence-electron chi connectivity index (χ2n) is 4.47. The van der Waals surface area contributed by atoms with Crippen molar-refractivity contribution in [1.82, 2.24) is 5.32 Å².